The van der Waals surface area contributed by atoms with Gasteiger partial charge >= 0.3 is 0 Å². The van der Waals surface area contributed by atoms with Gasteiger partial charge < -0.3 is 5.32 Å². The highest BCUT2D eigenvalue weighted by molar-refractivity contribution is 7.15. The van der Waals surface area contributed by atoms with E-state index >= 15 is 0 Å². The van der Waals surface area contributed by atoms with Crippen LogP contribution in [0.5, 0.6) is 0 Å². The Morgan fingerprint density at radius 3 is 2.81 bits per heavy atom. The van der Waals surface area contributed by atoms with E-state index in [0.717, 1.165) is 5.00 Å². The van der Waals surface area contributed by atoms with E-state index in [2.05, 4.69) is 11.0 Å². The smallest absolute Gasteiger partial charge is 0.266 e. The molecule has 7 nitrogen and oxygen atoms in total. The molecule has 0 spiro atoms. The van der Waals surface area contributed by atoms with Gasteiger partial charge in [-0.05, 0) is 20.8 Å². The van der Waals surface area contributed by atoms with Gasteiger partial charge in [-0.15, -0.1) is 11.3 Å². The molecule has 0 aromatic carbocycles. The normalized spacial score (nSPS) is 25.6. The zero-order valence-electron chi connectivity index (χ0n) is 12.1. The average molecular weight is 311 g/mol. The minimum absolute atomic E-state index is 0.182. The van der Waals surface area contributed by atoms with E-state index < -0.39 is 5.72 Å². The zero-order valence-corrected chi connectivity index (χ0v) is 12.9. The van der Waals surface area contributed by atoms with E-state index in [1.165, 1.54) is 16.2 Å². The Bertz CT molecular complexity index is 592. The molecule has 3 heterocycles. The maximum absolute atomic E-state index is 12.7. The SMILES string of the molecule is CC(C)Nc1scc2c1C(=O)N(C1(C)CCONO1)C2=O. The van der Waals surface area contributed by atoms with E-state index in [0.29, 0.717) is 24.2 Å². The summed E-state index contributed by atoms with van der Waals surface area (Å²) in [4.78, 5) is 36.6. The molecule has 0 radical (unpaired) electrons. The zero-order chi connectivity index (χ0) is 15.2. The van der Waals surface area contributed by atoms with Crippen LogP contribution in [0.15, 0.2) is 5.38 Å². The van der Waals surface area contributed by atoms with E-state index in [9.17, 15) is 9.59 Å². The average Bonchev–Trinajstić information content (AvgIpc) is 2.92. The lowest BCUT2D eigenvalue weighted by atomic mass is 10.1. The predicted octanol–water partition coefficient (Wildman–Crippen LogP) is 1.74. The molecule has 21 heavy (non-hydrogen) atoms. The van der Waals surface area contributed by atoms with Gasteiger partial charge in [-0.3, -0.25) is 14.4 Å². The molecule has 0 saturated carbocycles. The van der Waals surface area contributed by atoms with Crippen molar-refractivity contribution in [3.8, 4) is 0 Å². The molecule has 114 valence electrons. The third-order valence-corrected chi connectivity index (χ3v) is 4.43. The van der Waals surface area contributed by atoms with Crippen molar-refractivity contribution >= 4 is 28.2 Å². The number of carbonyl (C=O) groups excluding carboxylic acids is 2. The summed E-state index contributed by atoms with van der Waals surface area (Å²) in [6, 6.07) is 0.182. The molecule has 1 fully saturated rings. The summed E-state index contributed by atoms with van der Waals surface area (Å²) in [7, 11) is 0. The van der Waals surface area contributed by atoms with Gasteiger partial charge in [0, 0.05) is 17.8 Å². The van der Waals surface area contributed by atoms with Crippen LogP contribution in [0.2, 0.25) is 0 Å². The second kappa shape index (κ2) is 5.06. The quantitative estimate of drug-likeness (QED) is 0.828. The highest BCUT2D eigenvalue weighted by atomic mass is 32.1. The lowest BCUT2D eigenvalue weighted by Gasteiger charge is -2.38. The van der Waals surface area contributed by atoms with Gasteiger partial charge in [0.25, 0.3) is 11.8 Å². The second-order valence-electron chi connectivity index (χ2n) is 5.56. The number of amides is 2. The van der Waals surface area contributed by atoms with Crippen LogP contribution < -0.4 is 11.0 Å². The van der Waals surface area contributed by atoms with Gasteiger partial charge in [0.15, 0.2) is 5.72 Å². The maximum Gasteiger partial charge on any atom is 0.266 e. The van der Waals surface area contributed by atoms with E-state index in [-0.39, 0.29) is 17.9 Å². The monoisotopic (exact) mass is 311 g/mol. The van der Waals surface area contributed by atoms with Gasteiger partial charge in [-0.2, -0.15) is 0 Å². The molecule has 2 N–H and O–H groups in total. The Hall–Kier alpha value is -1.48. The van der Waals surface area contributed by atoms with Gasteiger partial charge in [0.05, 0.1) is 17.7 Å². The first-order valence-electron chi connectivity index (χ1n) is 6.76. The summed E-state index contributed by atoms with van der Waals surface area (Å²) in [6.07, 6.45) is 0.415. The molecule has 1 saturated heterocycles. The van der Waals surface area contributed by atoms with Crippen molar-refractivity contribution < 1.29 is 19.3 Å². The van der Waals surface area contributed by atoms with Crippen molar-refractivity contribution in [2.24, 2.45) is 0 Å². The highest BCUT2D eigenvalue weighted by Crippen LogP contribution is 2.39. The van der Waals surface area contributed by atoms with Gasteiger partial charge in [-0.25, -0.2) is 9.74 Å². The van der Waals surface area contributed by atoms with Gasteiger partial charge in [0.1, 0.15) is 5.00 Å². The molecule has 2 aliphatic heterocycles. The molecule has 0 bridgehead atoms. The van der Waals surface area contributed by atoms with E-state index in [4.69, 9.17) is 9.68 Å². The summed E-state index contributed by atoms with van der Waals surface area (Å²) in [5.74, 6) is -0.653. The number of imide groups is 1. The van der Waals surface area contributed by atoms with Crippen molar-refractivity contribution in [3.05, 3.63) is 16.5 Å². The summed E-state index contributed by atoms with van der Waals surface area (Å²) in [5, 5.41) is 5.65. The lowest BCUT2D eigenvalue weighted by Crippen LogP contribution is -2.57. The molecule has 1 atom stereocenters. The molecule has 1 aromatic rings. The molecule has 1 aromatic heterocycles. The standard InChI is InChI=1S/C13H17N3O4S/c1-7(2)14-10-9-8(6-21-10)11(17)16(12(9)18)13(3)4-5-19-15-20-13/h6-7,14-15H,4-5H2,1-3H3. The lowest BCUT2D eigenvalue weighted by molar-refractivity contribution is -0.302. The molecular formula is C13H17N3O4S. The Labute approximate surface area is 126 Å². The molecule has 3 rings (SSSR count). The van der Waals surface area contributed by atoms with Crippen molar-refractivity contribution in [2.45, 2.75) is 39.0 Å². The molecular weight excluding hydrogens is 294 g/mol. The third-order valence-electron chi connectivity index (χ3n) is 3.52. The van der Waals surface area contributed by atoms with E-state index in [1.807, 2.05) is 13.8 Å². The summed E-state index contributed by atoms with van der Waals surface area (Å²) in [6.45, 7) is 6.02. The van der Waals surface area contributed by atoms with Crippen LogP contribution in [0.3, 0.4) is 0 Å². The van der Waals surface area contributed by atoms with Crippen molar-refractivity contribution in [1.82, 2.24) is 10.5 Å². The molecule has 0 aliphatic carbocycles. The number of hydrogen-bond acceptors (Lipinski definition) is 7. The summed E-state index contributed by atoms with van der Waals surface area (Å²) in [5.41, 5.74) is 2.13. The highest BCUT2D eigenvalue weighted by Gasteiger charge is 2.50. The fraction of sp³-hybridized carbons (Fsp3) is 0.538. The minimum atomic E-state index is -1.04. The molecule has 8 heteroatoms. The Morgan fingerprint density at radius 2 is 2.19 bits per heavy atom. The van der Waals surface area contributed by atoms with Crippen LogP contribution in [0.25, 0.3) is 0 Å². The molecule has 1 unspecified atom stereocenters. The Kier molecular flexibility index (Phi) is 3.48. The second-order valence-corrected chi connectivity index (χ2v) is 6.44. The van der Waals surface area contributed by atoms with Gasteiger partial charge in [-0.1, -0.05) is 5.64 Å². The van der Waals surface area contributed by atoms with Crippen LogP contribution in [0.1, 0.15) is 47.9 Å². The van der Waals surface area contributed by atoms with Crippen LogP contribution in [0, 0.1) is 0 Å². The number of fused-ring (bicyclic) bond motifs is 1. The number of anilines is 1. The minimum Gasteiger partial charge on any atom is -0.374 e. The first-order chi connectivity index (χ1) is 9.94. The first kappa shape index (κ1) is 14.5. The summed E-state index contributed by atoms with van der Waals surface area (Å²) < 4.78 is 0. The third kappa shape index (κ3) is 2.24. The van der Waals surface area contributed by atoms with E-state index in [1.54, 1.807) is 12.3 Å². The summed E-state index contributed by atoms with van der Waals surface area (Å²) >= 11 is 1.37. The molecule has 2 aliphatic rings. The fourth-order valence-corrected chi connectivity index (χ4v) is 3.53. The van der Waals surface area contributed by atoms with Crippen LogP contribution in [0.4, 0.5) is 5.00 Å². The van der Waals surface area contributed by atoms with Gasteiger partial charge in [0.2, 0.25) is 0 Å². The number of rotatable bonds is 3. The Balaban J connectivity index is 1.95. The fourth-order valence-electron chi connectivity index (χ4n) is 2.46. The number of nitrogens with one attached hydrogen (secondary N) is 2. The van der Waals surface area contributed by atoms with Crippen molar-refractivity contribution in [3.63, 3.8) is 0 Å². The van der Waals surface area contributed by atoms with Crippen LogP contribution in [-0.2, 0) is 9.68 Å². The topological polar surface area (TPSA) is 79.9 Å². The predicted molar refractivity (Wildman–Crippen MR) is 76.8 cm³/mol. The number of nitrogens with zero attached hydrogens (tertiary/aromatic N) is 1. The number of hydrogen-bond donors (Lipinski definition) is 2. The number of thiophene rings is 1. The van der Waals surface area contributed by atoms with Crippen molar-refractivity contribution in [2.75, 3.05) is 11.9 Å². The van der Waals surface area contributed by atoms with Crippen LogP contribution in [-0.4, -0.2) is 35.1 Å². The largest absolute Gasteiger partial charge is 0.374 e. The first-order valence-corrected chi connectivity index (χ1v) is 7.64. The molecule has 2 amide bonds. The van der Waals surface area contributed by atoms with Crippen molar-refractivity contribution in [1.29, 1.82) is 0 Å². The maximum atomic E-state index is 12.7. The number of carbonyl (C=O) groups is 2. The Morgan fingerprint density at radius 1 is 1.43 bits per heavy atom. The van der Waals surface area contributed by atoms with Crippen LogP contribution >= 0.6 is 11.3 Å².